The molecule has 0 aliphatic heterocycles. The Hall–Kier alpha value is 0.181. The van der Waals surface area contributed by atoms with Crippen molar-refractivity contribution >= 4 is 18.4 Å². The maximum absolute atomic E-state index is 12.6. The van der Waals surface area contributed by atoms with Gasteiger partial charge in [0.1, 0.15) is 0 Å². The molecule has 16 heavy (non-hydrogen) atoms. The Bertz CT molecular complexity index is 393. The van der Waals surface area contributed by atoms with Crippen molar-refractivity contribution in [1.29, 1.82) is 0 Å². The van der Waals surface area contributed by atoms with Gasteiger partial charge in [0.2, 0.25) is 0 Å². The Morgan fingerprint density at radius 3 is 2.31 bits per heavy atom. The molecule has 1 rings (SSSR count). The number of carbonyl (C=O) groups is 1. The van der Waals surface area contributed by atoms with E-state index in [1.807, 2.05) is 0 Å². The maximum atomic E-state index is 12.6. The molecule has 0 bridgehead atoms. The van der Waals surface area contributed by atoms with E-state index in [-0.39, 0.29) is 51.4 Å². The molecule has 0 spiro atoms. The summed E-state index contributed by atoms with van der Waals surface area (Å²) in [4.78, 5) is 11.1. The van der Waals surface area contributed by atoms with Crippen LogP contribution < -0.4 is 56.8 Å². The molecule has 2 nitrogen and oxygen atoms in total. The maximum Gasteiger partial charge on any atom is 1.00 e. The molecule has 0 saturated carbocycles. The van der Waals surface area contributed by atoms with Crippen LogP contribution in [-0.4, -0.2) is 20.1 Å². The number of esters is 1. The van der Waals surface area contributed by atoms with E-state index < -0.39 is 24.0 Å². The van der Waals surface area contributed by atoms with Crippen LogP contribution in [0.25, 0.3) is 0 Å². The molecule has 0 fully saturated rings. The molecular weight excluding hydrogens is 247 g/mol. The third-order valence-corrected chi connectivity index (χ3v) is 1.97. The van der Waals surface area contributed by atoms with Crippen molar-refractivity contribution in [3.63, 3.8) is 0 Å². The van der Waals surface area contributed by atoms with Crippen LogP contribution in [0.2, 0.25) is 0 Å². The molecule has 0 aromatic heterocycles. The van der Waals surface area contributed by atoms with Crippen LogP contribution >= 0.6 is 0 Å². The van der Waals surface area contributed by atoms with E-state index in [0.717, 1.165) is 19.2 Å². The minimum Gasteiger partial charge on any atom is -0.465 e. The van der Waals surface area contributed by atoms with Crippen LogP contribution in [0, 0.1) is 6.92 Å². The Balaban J connectivity index is 0.00000225. The van der Waals surface area contributed by atoms with Crippen molar-refractivity contribution in [2.45, 2.75) is 6.92 Å². The van der Waals surface area contributed by atoms with E-state index in [4.69, 9.17) is 0 Å². The van der Waals surface area contributed by atoms with E-state index in [0.29, 0.717) is 5.56 Å². The van der Waals surface area contributed by atoms with Gasteiger partial charge in [-0.15, -0.1) is 0 Å². The largest absolute Gasteiger partial charge is 1.00 e. The zero-order valence-electron chi connectivity index (χ0n) is 9.26. The smallest absolute Gasteiger partial charge is 0.465 e. The quantitative estimate of drug-likeness (QED) is 0.493. The Morgan fingerprint density at radius 1 is 1.31 bits per heavy atom. The van der Waals surface area contributed by atoms with Crippen LogP contribution in [0.4, 0.5) is 12.9 Å². The van der Waals surface area contributed by atoms with Crippen molar-refractivity contribution < 1.29 is 73.9 Å². The van der Waals surface area contributed by atoms with Crippen LogP contribution in [0.1, 0.15) is 15.9 Å². The van der Waals surface area contributed by atoms with Crippen molar-refractivity contribution in [1.82, 2.24) is 0 Å². The van der Waals surface area contributed by atoms with Crippen molar-refractivity contribution in [3.8, 4) is 0 Å². The first-order valence-electron chi connectivity index (χ1n) is 4.25. The summed E-state index contributed by atoms with van der Waals surface area (Å²) < 4.78 is 42.0. The first-order valence-corrected chi connectivity index (χ1v) is 4.25. The SMILES string of the molecule is COC(=O)c1ccc(C)cc1[B-](F)(F)F.[K+]. The molecule has 82 valence electrons. The van der Waals surface area contributed by atoms with Gasteiger partial charge >= 0.3 is 64.3 Å². The average molecular weight is 256 g/mol. The van der Waals surface area contributed by atoms with Crippen molar-refractivity contribution in [2.75, 3.05) is 7.11 Å². The summed E-state index contributed by atoms with van der Waals surface area (Å²) in [5, 5.41) is 0. The summed E-state index contributed by atoms with van der Waals surface area (Å²) in [5.41, 5.74) is -0.880. The first-order chi connectivity index (χ1) is 6.86. The minimum absolute atomic E-state index is 0. The number of carbonyl (C=O) groups excluding carboxylic acids is 1. The number of ether oxygens (including phenoxy) is 1. The molecule has 7 heteroatoms. The molecule has 0 N–H and O–H groups in total. The normalized spacial score (nSPS) is 10.6. The van der Waals surface area contributed by atoms with Gasteiger partial charge in [-0.2, -0.15) is 0 Å². The molecule has 1 aromatic rings. The second kappa shape index (κ2) is 6.21. The van der Waals surface area contributed by atoms with Gasteiger partial charge in [0, 0.05) is 5.56 Å². The van der Waals surface area contributed by atoms with Crippen molar-refractivity contribution in [3.05, 3.63) is 29.3 Å². The zero-order valence-corrected chi connectivity index (χ0v) is 12.4. The molecule has 0 amide bonds. The van der Waals surface area contributed by atoms with Gasteiger partial charge in [-0.3, -0.25) is 0 Å². The fourth-order valence-electron chi connectivity index (χ4n) is 1.25. The molecule has 0 radical (unpaired) electrons. The monoisotopic (exact) mass is 256 g/mol. The summed E-state index contributed by atoms with van der Waals surface area (Å²) in [6, 6.07) is 3.52. The molecule has 1 aromatic carbocycles. The summed E-state index contributed by atoms with van der Waals surface area (Å²) in [5.74, 6) is -0.968. The van der Waals surface area contributed by atoms with Crippen LogP contribution in [0.5, 0.6) is 0 Å². The zero-order chi connectivity index (χ0) is 11.6. The predicted octanol–water partition coefficient (Wildman–Crippen LogP) is -1.16. The third-order valence-electron chi connectivity index (χ3n) is 1.97. The number of halogens is 3. The van der Waals surface area contributed by atoms with Gasteiger partial charge in [-0.1, -0.05) is 29.2 Å². The molecule has 0 atom stereocenters. The van der Waals surface area contributed by atoms with Gasteiger partial charge in [0.05, 0.1) is 7.11 Å². The van der Waals surface area contributed by atoms with Gasteiger partial charge in [0.15, 0.2) is 0 Å². The molecule has 0 unspecified atom stereocenters. The van der Waals surface area contributed by atoms with Gasteiger partial charge < -0.3 is 17.7 Å². The molecule has 0 aliphatic rings. The number of methoxy groups -OCH3 is 1. The number of hydrogen-bond donors (Lipinski definition) is 0. The number of rotatable bonds is 2. The summed E-state index contributed by atoms with van der Waals surface area (Å²) in [6.07, 6.45) is 0. The molecule has 0 saturated heterocycles. The van der Waals surface area contributed by atoms with E-state index in [1.54, 1.807) is 0 Å². The van der Waals surface area contributed by atoms with Gasteiger partial charge in [0.25, 0.3) is 0 Å². The van der Waals surface area contributed by atoms with Crippen LogP contribution in [0.15, 0.2) is 18.2 Å². The van der Waals surface area contributed by atoms with Gasteiger partial charge in [-0.05, 0) is 6.92 Å². The van der Waals surface area contributed by atoms with Crippen molar-refractivity contribution in [2.24, 2.45) is 0 Å². The number of benzene rings is 1. The van der Waals surface area contributed by atoms with Crippen LogP contribution in [0.3, 0.4) is 0 Å². The fraction of sp³-hybridized carbons (Fsp3) is 0.222. The second-order valence-corrected chi connectivity index (χ2v) is 3.16. The standard InChI is InChI=1S/C9H9BF3O2.K/c1-6-3-4-7(9(14)15-2)8(5-6)10(11,12)13;/h3-5H,1-2H3;/q-1;+1. The predicted molar refractivity (Wildman–Crippen MR) is 51.2 cm³/mol. The fourth-order valence-corrected chi connectivity index (χ4v) is 1.25. The average Bonchev–Trinajstić information content (AvgIpc) is 2.15. The van der Waals surface area contributed by atoms with E-state index in [2.05, 4.69) is 4.74 Å². The molecule has 0 aliphatic carbocycles. The second-order valence-electron chi connectivity index (χ2n) is 3.16. The number of hydrogen-bond acceptors (Lipinski definition) is 2. The first kappa shape index (κ1) is 16.2. The number of aryl methyl sites for hydroxylation is 1. The summed E-state index contributed by atoms with van der Waals surface area (Å²) >= 11 is 0. The summed E-state index contributed by atoms with van der Waals surface area (Å²) in [6.45, 7) is -3.66. The Labute approximate surface area is 134 Å². The molecule has 0 heterocycles. The van der Waals surface area contributed by atoms with E-state index in [9.17, 15) is 17.7 Å². The third kappa shape index (κ3) is 3.89. The Morgan fingerprint density at radius 2 is 1.88 bits per heavy atom. The van der Waals surface area contributed by atoms with Crippen LogP contribution in [-0.2, 0) is 4.74 Å². The van der Waals surface area contributed by atoms with Gasteiger partial charge in [-0.25, -0.2) is 4.79 Å². The van der Waals surface area contributed by atoms with E-state index in [1.165, 1.54) is 13.0 Å². The van der Waals surface area contributed by atoms with E-state index >= 15 is 0 Å². The summed E-state index contributed by atoms with van der Waals surface area (Å²) in [7, 11) is 1.05. The Kier molecular flexibility index (Phi) is 6.28. The molecular formula is C9H9BF3KO2. The topological polar surface area (TPSA) is 26.3 Å². The minimum atomic E-state index is -5.20.